The van der Waals surface area contributed by atoms with Gasteiger partial charge in [-0.2, -0.15) is 8.42 Å². The monoisotopic (exact) mass is 801 g/mol. The molecule has 0 unspecified atom stereocenters. The lowest BCUT2D eigenvalue weighted by atomic mass is 10.1. The minimum absolute atomic E-state index is 1.26. The summed E-state index contributed by atoms with van der Waals surface area (Å²) in [5.41, 5.74) is 0. The fraction of sp³-hybridized carbons (Fsp3) is 0.917. The number of allylic oxidation sites excluding steroid dienone is 4. The van der Waals surface area contributed by atoms with Gasteiger partial charge in [0, 0.05) is 0 Å². The molecule has 332 valence electrons. The van der Waals surface area contributed by atoms with Gasteiger partial charge in [-0.25, -0.2) is 0 Å². The van der Waals surface area contributed by atoms with Crippen molar-refractivity contribution in [3.8, 4) is 0 Å². The van der Waals surface area contributed by atoms with Crippen LogP contribution in [0.4, 0.5) is 0 Å². The summed E-state index contributed by atoms with van der Waals surface area (Å²) in [6, 6.07) is 0. The van der Waals surface area contributed by atoms with E-state index in [2.05, 4.69) is 76.1 Å². The molecule has 0 rings (SSSR count). The summed E-state index contributed by atoms with van der Waals surface area (Å²) in [6.45, 7) is 7.09. The normalized spacial score (nSPS) is 11.8. The third-order valence-corrected chi connectivity index (χ3v) is 10.2. The molecule has 0 heterocycles. The molecule has 0 aliphatic carbocycles. The summed E-state index contributed by atoms with van der Waals surface area (Å²) in [7, 11) is 4.02. The third-order valence-electron chi connectivity index (χ3n) is 10.2. The molecule has 0 bridgehead atoms. The number of hydrogen-bond donors (Lipinski definition) is 2. The molecule has 0 aliphatic heterocycles. The number of unbranched alkanes of at least 4 members (excludes halogenated alkanes) is 32. The first kappa shape index (κ1) is 58.6. The molecule has 2 N–H and O–H groups in total. The lowest BCUT2D eigenvalue weighted by Gasteiger charge is -2.08. The van der Waals surface area contributed by atoms with Crippen LogP contribution >= 0.6 is 0 Å². The van der Waals surface area contributed by atoms with E-state index in [1.54, 1.807) is 0 Å². The standard InChI is InChI=1S/2C24H49N.H2O4S/c2*1-4-5-6-7-8-9-10-11-12-13-14-15-16-17-18-19-20-21-22-23-24-25(2)3;1-5(2,3)4/h2*11-12H,4-10,13-24H2,1-3H3;(H2,1,2,3,4). The molecule has 0 amide bonds. The Hall–Kier alpha value is -0.730. The van der Waals surface area contributed by atoms with Gasteiger partial charge in [-0.15, -0.1) is 0 Å². The van der Waals surface area contributed by atoms with Gasteiger partial charge in [0.25, 0.3) is 0 Å². The van der Waals surface area contributed by atoms with Crippen LogP contribution in [0.3, 0.4) is 0 Å². The van der Waals surface area contributed by atoms with Gasteiger partial charge in [-0.1, -0.05) is 205 Å². The Morgan fingerprint density at radius 3 is 0.673 bits per heavy atom. The van der Waals surface area contributed by atoms with Gasteiger partial charge in [-0.05, 0) is 105 Å². The van der Waals surface area contributed by atoms with E-state index in [-0.39, 0.29) is 0 Å². The molecule has 0 aliphatic rings. The van der Waals surface area contributed by atoms with Crippen molar-refractivity contribution < 1.29 is 17.5 Å². The van der Waals surface area contributed by atoms with Crippen LogP contribution in [0, 0.1) is 0 Å². The van der Waals surface area contributed by atoms with Crippen LogP contribution in [0.15, 0.2) is 24.3 Å². The molecule has 0 aromatic carbocycles. The molecule has 55 heavy (non-hydrogen) atoms. The molecule has 6 nitrogen and oxygen atoms in total. The van der Waals surface area contributed by atoms with Gasteiger partial charge >= 0.3 is 10.4 Å². The average molecular weight is 801 g/mol. The van der Waals surface area contributed by atoms with E-state index in [9.17, 15) is 0 Å². The maximum absolute atomic E-state index is 8.74. The maximum atomic E-state index is 8.74. The van der Waals surface area contributed by atoms with E-state index in [0.29, 0.717) is 0 Å². The van der Waals surface area contributed by atoms with Gasteiger partial charge in [0.05, 0.1) is 0 Å². The molecule has 0 aromatic rings. The molecule has 0 radical (unpaired) electrons. The van der Waals surface area contributed by atoms with Crippen LogP contribution in [0.2, 0.25) is 0 Å². The highest BCUT2D eigenvalue weighted by atomic mass is 32.3. The molecular formula is C48H100N2O4S. The number of hydrogen-bond acceptors (Lipinski definition) is 4. The Morgan fingerprint density at radius 2 is 0.491 bits per heavy atom. The zero-order chi connectivity index (χ0) is 41.4. The van der Waals surface area contributed by atoms with Crippen molar-refractivity contribution in [2.45, 2.75) is 245 Å². The van der Waals surface area contributed by atoms with Crippen molar-refractivity contribution in [3.63, 3.8) is 0 Å². The Kier molecular flexibility index (Phi) is 54.6. The maximum Gasteiger partial charge on any atom is 0.394 e. The smallest absolute Gasteiger partial charge is 0.309 e. The first-order valence-corrected chi connectivity index (χ1v) is 25.2. The van der Waals surface area contributed by atoms with Gasteiger partial charge in [0.15, 0.2) is 0 Å². The SMILES string of the molecule is CCCCCCCCC=CCCCCCCCCCCCCN(C)C.CCCCCCCCC=CCCCCCCCCCCCCN(C)C.O=S(=O)(O)O. The topological polar surface area (TPSA) is 81.1 Å². The van der Waals surface area contributed by atoms with Crippen LogP contribution in [0.25, 0.3) is 0 Å². The summed E-state index contributed by atoms with van der Waals surface area (Å²) in [5.74, 6) is 0. The van der Waals surface area contributed by atoms with Gasteiger partial charge < -0.3 is 9.80 Å². The van der Waals surface area contributed by atoms with E-state index >= 15 is 0 Å². The van der Waals surface area contributed by atoms with E-state index in [1.807, 2.05) is 0 Å². The van der Waals surface area contributed by atoms with Crippen LogP contribution in [0.5, 0.6) is 0 Å². The fourth-order valence-electron chi connectivity index (χ4n) is 6.77. The van der Waals surface area contributed by atoms with Crippen molar-refractivity contribution in [2.75, 3.05) is 41.3 Å². The molecule has 0 saturated carbocycles. The highest BCUT2D eigenvalue weighted by Gasteiger charge is 1.96. The van der Waals surface area contributed by atoms with Crippen LogP contribution < -0.4 is 0 Å². The first-order valence-electron chi connectivity index (χ1n) is 23.8. The molecule has 0 atom stereocenters. The summed E-state index contributed by atoms with van der Waals surface area (Å²) in [4.78, 5) is 4.59. The number of nitrogens with zero attached hydrogens (tertiary/aromatic N) is 2. The molecular weight excluding hydrogens is 701 g/mol. The fourth-order valence-corrected chi connectivity index (χ4v) is 6.77. The summed E-state index contributed by atoms with van der Waals surface area (Å²) in [5, 5.41) is 0. The minimum atomic E-state index is -4.67. The predicted molar refractivity (Wildman–Crippen MR) is 247 cm³/mol. The van der Waals surface area contributed by atoms with Crippen molar-refractivity contribution in [3.05, 3.63) is 24.3 Å². The Morgan fingerprint density at radius 1 is 0.327 bits per heavy atom. The Labute approximate surface area is 347 Å². The Balaban J connectivity index is -0.000000874. The summed E-state index contributed by atoms with van der Waals surface area (Å²) < 4.78 is 31.6. The lowest BCUT2D eigenvalue weighted by Crippen LogP contribution is -2.12. The number of rotatable bonds is 40. The second kappa shape index (κ2) is 51.3. The van der Waals surface area contributed by atoms with Crippen molar-refractivity contribution in [1.29, 1.82) is 0 Å². The minimum Gasteiger partial charge on any atom is -0.309 e. The lowest BCUT2D eigenvalue weighted by molar-refractivity contribution is 0.381. The second-order valence-corrected chi connectivity index (χ2v) is 17.7. The van der Waals surface area contributed by atoms with Gasteiger partial charge in [0.1, 0.15) is 0 Å². The quantitative estimate of drug-likeness (QED) is 0.0365. The van der Waals surface area contributed by atoms with Crippen molar-refractivity contribution in [1.82, 2.24) is 9.80 Å². The Bertz CT molecular complexity index is 783. The molecule has 0 aromatic heterocycles. The van der Waals surface area contributed by atoms with E-state index < -0.39 is 10.4 Å². The summed E-state index contributed by atoms with van der Waals surface area (Å²) in [6.07, 6.45) is 60.6. The zero-order valence-electron chi connectivity index (χ0n) is 38.2. The molecule has 0 fully saturated rings. The van der Waals surface area contributed by atoms with Crippen molar-refractivity contribution >= 4 is 10.4 Å². The van der Waals surface area contributed by atoms with E-state index in [0.717, 1.165) is 0 Å². The summed E-state index contributed by atoms with van der Waals surface area (Å²) >= 11 is 0. The third kappa shape index (κ3) is 74.8. The van der Waals surface area contributed by atoms with Gasteiger partial charge in [0.2, 0.25) is 0 Å². The van der Waals surface area contributed by atoms with E-state index in [4.69, 9.17) is 17.5 Å². The van der Waals surface area contributed by atoms with Crippen LogP contribution in [-0.4, -0.2) is 68.6 Å². The van der Waals surface area contributed by atoms with Crippen LogP contribution in [0.1, 0.15) is 245 Å². The zero-order valence-corrected chi connectivity index (χ0v) is 39.0. The molecule has 7 heteroatoms. The highest BCUT2D eigenvalue weighted by molar-refractivity contribution is 7.79. The molecule has 0 spiro atoms. The largest absolute Gasteiger partial charge is 0.394 e. The second-order valence-electron chi connectivity index (χ2n) is 16.8. The first-order chi connectivity index (χ1) is 26.5. The highest BCUT2D eigenvalue weighted by Crippen LogP contribution is 2.14. The van der Waals surface area contributed by atoms with E-state index in [1.165, 1.54) is 244 Å². The van der Waals surface area contributed by atoms with Crippen LogP contribution in [-0.2, 0) is 10.4 Å². The average Bonchev–Trinajstić information content (AvgIpc) is 3.12. The predicted octanol–water partition coefficient (Wildman–Crippen LogP) is 15.6. The molecule has 0 saturated heterocycles. The van der Waals surface area contributed by atoms with Gasteiger partial charge in [-0.3, -0.25) is 9.11 Å². The van der Waals surface area contributed by atoms with Crippen molar-refractivity contribution in [2.24, 2.45) is 0 Å².